The molecule has 0 unspecified atom stereocenters. The van der Waals surface area contributed by atoms with Gasteiger partial charge >= 0.3 is 0 Å². The molecule has 0 bridgehead atoms. The summed E-state index contributed by atoms with van der Waals surface area (Å²) in [6.45, 7) is 4.32. The topological polar surface area (TPSA) is 21.3 Å². The Hall–Kier alpha value is -0.540. The third-order valence-corrected chi connectivity index (χ3v) is 3.98. The summed E-state index contributed by atoms with van der Waals surface area (Å²) in [5.41, 5.74) is 2.58. The van der Waals surface area contributed by atoms with E-state index in [4.69, 9.17) is 4.74 Å². The van der Waals surface area contributed by atoms with Crippen molar-refractivity contribution in [2.75, 3.05) is 20.2 Å². The number of piperidine rings is 1. The molecule has 0 radical (unpaired) electrons. The van der Waals surface area contributed by atoms with Gasteiger partial charge in [0.15, 0.2) is 0 Å². The van der Waals surface area contributed by atoms with Gasteiger partial charge in [-0.1, -0.05) is 15.9 Å². The van der Waals surface area contributed by atoms with Gasteiger partial charge in [0.1, 0.15) is 5.75 Å². The van der Waals surface area contributed by atoms with E-state index >= 15 is 0 Å². The molecule has 0 spiro atoms. The average Bonchev–Trinajstić information content (AvgIpc) is 2.30. The third kappa shape index (κ3) is 2.41. The maximum absolute atomic E-state index is 5.39. The van der Waals surface area contributed by atoms with E-state index in [1.54, 1.807) is 7.11 Å². The largest absolute Gasteiger partial charge is 0.496 e. The number of hydrogen-bond acceptors (Lipinski definition) is 2. The van der Waals surface area contributed by atoms with Gasteiger partial charge in [0, 0.05) is 4.47 Å². The minimum atomic E-state index is 0.658. The number of rotatable bonds is 2. The number of ether oxygens (including phenoxy) is 1. The van der Waals surface area contributed by atoms with Crippen molar-refractivity contribution in [1.29, 1.82) is 0 Å². The summed E-state index contributed by atoms with van der Waals surface area (Å²) in [4.78, 5) is 0. The molecule has 3 heteroatoms. The Labute approximate surface area is 106 Å². The molecule has 1 saturated heterocycles. The van der Waals surface area contributed by atoms with E-state index in [1.165, 1.54) is 28.4 Å². The van der Waals surface area contributed by atoms with Crippen LogP contribution in [0.4, 0.5) is 0 Å². The number of aryl methyl sites for hydroxylation is 1. The fraction of sp³-hybridized carbons (Fsp3) is 0.538. The Morgan fingerprint density at radius 3 is 2.62 bits per heavy atom. The first-order valence-electron chi connectivity index (χ1n) is 5.77. The van der Waals surface area contributed by atoms with Crippen molar-refractivity contribution in [2.45, 2.75) is 25.7 Å². The smallest absolute Gasteiger partial charge is 0.122 e. The summed E-state index contributed by atoms with van der Waals surface area (Å²) in [6.07, 6.45) is 2.43. The van der Waals surface area contributed by atoms with Gasteiger partial charge in [0.25, 0.3) is 0 Å². The van der Waals surface area contributed by atoms with Crippen LogP contribution < -0.4 is 10.1 Å². The first-order chi connectivity index (χ1) is 7.72. The number of nitrogens with one attached hydrogen (secondary N) is 1. The molecule has 1 aromatic carbocycles. The summed E-state index contributed by atoms with van der Waals surface area (Å²) in [5, 5.41) is 3.40. The molecule has 1 fully saturated rings. The summed E-state index contributed by atoms with van der Waals surface area (Å²) in [5.74, 6) is 1.65. The lowest BCUT2D eigenvalue weighted by molar-refractivity contribution is 0.408. The summed E-state index contributed by atoms with van der Waals surface area (Å²) in [7, 11) is 1.74. The maximum atomic E-state index is 5.39. The molecule has 1 heterocycles. The van der Waals surface area contributed by atoms with E-state index in [0.717, 1.165) is 18.8 Å². The third-order valence-electron chi connectivity index (χ3n) is 3.29. The number of hydrogen-bond donors (Lipinski definition) is 1. The molecular formula is C13H18BrNO. The minimum absolute atomic E-state index is 0.658. The summed E-state index contributed by atoms with van der Waals surface area (Å²) >= 11 is 3.67. The molecule has 88 valence electrons. The fourth-order valence-electron chi connectivity index (χ4n) is 2.33. The standard InChI is InChI=1S/C13H18BrNO/c1-9-7-12(14)11(8-13(9)16-2)10-3-5-15-6-4-10/h7-8,10,15H,3-6H2,1-2H3. The molecule has 1 aromatic rings. The molecular weight excluding hydrogens is 266 g/mol. The van der Waals surface area contributed by atoms with E-state index in [2.05, 4.69) is 40.3 Å². The molecule has 0 atom stereocenters. The average molecular weight is 284 g/mol. The van der Waals surface area contributed by atoms with Crippen LogP contribution in [-0.4, -0.2) is 20.2 Å². The molecule has 0 saturated carbocycles. The highest BCUT2D eigenvalue weighted by atomic mass is 79.9. The number of methoxy groups -OCH3 is 1. The van der Waals surface area contributed by atoms with Crippen molar-refractivity contribution in [2.24, 2.45) is 0 Å². The molecule has 0 aliphatic carbocycles. The Kier molecular flexibility index (Phi) is 3.87. The highest BCUT2D eigenvalue weighted by Gasteiger charge is 2.18. The molecule has 1 aliphatic rings. The second-order valence-electron chi connectivity index (χ2n) is 4.37. The van der Waals surface area contributed by atoms with Gasteiger partial charge in [0.2, 0.25) is 0 Å². The highest BCUT2D eigenvalue weighted by Crippen LogP contribution is 2.35. The van der Waals surface area contributed by atoms with E-state index in [0.29, 0.717) is 5.92 Å². The lowest BCUT2D eigenvalue weighted by atomic mass is 9.89. The molecule has 1 N–H and O–H groups in total. The van der Waals surface area contributed by atoms with Gasteiger partial charge < -0.3 is 10.1 Å². The zero-order valence-electron chi connectivity index (χ0n) is 9.85. The van der Waals surface area contributed by atoms with Crippen LogP contribution in [0, 0.1) is 6.92 Å². The van der Waals surface area contributed by atoms with Crippen LogP contribution in [0.1, 0.15) is 29.9 Å². The van der Waals surface area contributed by atoms with Crippen LogP contribution in [0.5, 0.6) is 5.75 Å². The first kappa shape index (κ1) is 11.9. The van der Waals surface area contributed by atoms with E-state index in [9.17, 15) is 0 Å². The maximum Gasteiger partial charge on any atom is 0.122 e. The van der Waals surface area contributed by atoms with Crippen LogP contribution in [0.25, 0.3) is 0 Å². The van der Waals surface area contributed by atoms with Gasteiger partial charge in [-0.2, -0.15) is 0 Å². The van der Waals surface area contributed by atoms with Crippen LogP contribution in [0.3, 0.4) is 0 Å². The van der Waals surface area contributed by atoms with Gasteiger partial charge in [-0.15, -0.1) is 0 Å². The van der Waals surface area contributed by atoms with Gasteiger partial charge in [-0.3, -0.25) is 0 Å². The van der Waals surface area contributed by atoms with E-state index < -0.39 is 0 Å². The van der Waals surface area contributed by atoms with Crippen LogP contribution in [0.15, 0.2) is 16.6 Å². The quantitative estimate of drug-likeness (QED) is 0.900. The predicted octanol–water partition coefficient (Wildman–Crippen LogP) is 3.23. The highest BCUT2D eigenvalue weighted by molar-refractivity contribution is 9.10. The number of halogens is 1. The monoisotopic (exact) mass is 283 g/mol. The van der Waals surface area contributed by atoms with Crippen molar-refractivity contribution in [3.63, 3.8) is 0 Å². The van der Waals surface area contributed by atoms with E-state index in [1.807, 2.05) is 0 Å². The van der Waals surface area contributed by atoms with E-state index in [-0.39, 0.29) is 0 Å². The normalized spacial score (nSPS) is 17.4. The fourth-order valence-corrected chi connectivity index (χ4v) is 3.12. The number of benzene rings is 1. The van der Waals surface area contributed by atoms with Gasteiger partial charge in [-0.05, 0) is 62.0 Å². The lowest BCUT2D eigenvalue weighted by Gasteiger charge is -2.24. The second kappa shape index (κ2) is 5.19. The zero-order chi connectivity index (χ0) is 11.5. The lowest BCUT2D eigenvalue weighted by Crippen LogP contribution is -2.26. The van der Waals surface area contributed by atoms with Crippen molar-refractivity contribution in [3.05, 3.63) is 27.7 Å². The van der Waals surface area contributed by atoms with Crippen molar-refractivity contribution < 1.29 is 4.74 Å². The molecule has 2 nitrogen and oxygen atoms in total. The predicted molar refractivity (Wildman–Crippen MR) is 70.3 cm³/mol. The molecule has 0 aromatic heterocycles. The van der Waals surface area contributed by atoms with Gasteiger partial charge in [-0.25, -0.2) is 0 Å². The Balaban J connectivity index is 2.31. The summed E-state index contributed by atoms with van der Waals surface area (Å²) in [6, 6.07) is 4.35. The zero-order valence-corrected chi connectivity index (χ0v) is 11.4. The van der Waals surface area contributed by atoms with Crippen molar-refractivity contribution in [1.82, 2.24) is 5.32 Å². The summed E-state index contributed by atoms with van der Waals surface area (Å²) < 4.78 is 6.62. The minimum Gasteiger partial charge on any atom is -0.496 e. The Morgan fingerprint density at radius 2 is 2.00 bits per heavy atom. The molecule has 16 heavy (non-hydrogen) atoms. The first-order valence-corrected chi connectivity index (χ1v) is 6.56. The Bertz CT molecular complexity index is 372. The molecule has 2 rings (SSSR count). The van der Waals surface area contributed by atoms with Crippen molar-refractivity contribution >= 4 is 15.9 Å². The SMILES string of the molecule is COc1cc(C2CCNCC2)c(Br)cc1C. The molecule has 1 aliphatic heterocycles. The van der Waals surface area contributed by atoms with Crippen LogP contribution in [0.2, 0.25) is 0 Å². The van der Waals surface area contributed by atoms with Crippen molar-refractivity contribution in [3.8, 4) is 5.75 Å². The van der Waals surface area contributed by atoms with Crippen LogP contribution >= 0.6 is 15.9 Å². The second-order valence-corrected chi connectivity index (χ2v) is 5.22. The molecule has 0 amide bonds. The Morgan fingerprint density at radius 1 is 1.31 bits per heavy atom. The van der Waals surface area contributed by atoms with Crippen LogP contribution in [-0.2, 0) is 0 Å². The van der Waals surface area contributed by atoms with Gasteiger partial charge in [0.05, 0.1) is 7.11 Å².